The summed E-state index contributed by atoms with van der Waals surface area (Å²) in [7, 11) is 0. The first-order valence-corrected chi connectivity index (χ1v) is 12.0. The van der Waals surface area contributed by atoms with Gasteiger partial charge in [-0.05, 0) is 19.8 Å². The van der Waals surface area contributed by atoms with Crippen molar-refractivity contribution < 1.29 is 67.3 Å². The number of aliphatic carboxylic acids is 1. The summed E-state index contributed by atoms with van der Waals surface area (Å²) in [4.78, 5) is 59.1. The molecule has 14 heteroatoms. The van der Waals surface area contributed by atoms with Crippen LogP contribution in [0.25, 0.3) is 0 Å². The smallest absolute Gasteiger partial charge is 0.334 e. The highest BCUT2D eigenvalue weighted by atomic mass is 16.8. The molecule has 0 unspecified atom stereocenters. The van der Waals surface area contributed by atoms with Gasteiger partial charge in [0.15, 0.2) is 18.3 Å². The van der Waals surface area contributed by atoms with Crippen LogP contribution in [-0.2, 0) is 57.1 Å². The van der Waals surface area contributed by atoms with Crippen molar-refractivity contribution >= 4 is 29.8 Å². The Morgan fingerprint density at radius 3 is 2.05 bits per heavy atom. The molecule has 0 radical (unpaired) electrons. The van der Waals surface area contributed by atoms with Gasteiger partial charge in [-0.25, -0.2) is 4.79 Å². The van der Waals surface area contributed by atoms with Crippen LogP contribution in [0.5, 0.6) is 0 Å². The summed E-state index contributed by atoms with van der Waals surface area (Å²) < 4.78 is 38.6. The molecule has 1 saturated carbocycles. The van der Waals surface area contributed by atoms with E-state index in [1.807, 2.05) is 0 Å². The zero-order chi connectivity index (χ0) is 28.4. The van der Waals surface area contributed by atoms with Crippen molar-refractivity contribution in [3.05, 3.63) is 11.8 Å². The summed E-state index contributed by atoms with van der Waals surface area (Å²) in [5.74, 6) is -5.76. The topological polar surface area (TPSA) is 190 Å². The summed E-state index contributed by atoms with van der Waals surface area (Å²) in [5, 5.41) is 20.6. The fourth-order valence-electron chi connectivity index (χ4n) is 5.13. The van der Waals surface area contributed by atoms with Crippen molar-refractivity contribution in [2.24, 2.45) is 11.8 Å². The van der Waals surface area contributed by atoms with Crippen LogP contribution in [0, 0.1) is 11.8 Å². The zero-order valence-electron chi connectivity index (χ0n) is 21.6. The third-order valence-corrected chi connectivity index (χ3v) is 6.60. The van der Waals surface area contributed by atoms with E-state index in [1.54, 1.807) is 0 Å². The Balaban J connectivity index is 2.00. The minimum absolute atomic E-state index is 0.0332. The van der Waals surface area contributed by atoms with Crippen LogP contribution >= 0.6 is 0 Å². The van der Waals surface area contributed by atoms with E-state index in [9.17, 15) is 34.2 Å². The summed E-state index contributed by atoms with van der Waals surface area (Å²) in [5.41, 5.74) is -1.42. The molecule has 0 aromatic rings. The van der Waals surface area contributed by atoms with Gasteiger partial charge in [0.2, 0.25) is 12.6 Å². The molecule has 2 fully saturated rings. The van der Waals surface area contributed by atoms with Gasteiger partial charge < -0.3 is 43.4 Å². The lowest BCUT2D eigenvalue weighted by Crippen LogP contribution is -2.64. The summed E-state index contributed by atoms with van der Waals surface area (Å²) in [6.07, 6.45) is -6.74. The highest BCUT2D eigenvalue weighted by Gasteiger charge is 2.58. The number of esters is 4. The third-order valence-electron chi connectivity index (χ3n) is 6.60. The molecule has 3 rings (SSSR count). The lowest BCUT2D eigenvalue weighted by Gasteiger charge is -2.46. The zero-order valence-corrected chi connectivity index (χ0v) is 21.6. The molecule has 0 spiro atoms. The fraction of sp³-hybridized carbons (Fsp3) is 0.708. The van der Waals surface area contributed by atoms with Gasteiger partial charge in [-0.3, -0.25) is 19.2 Å². The Bertz CT molecular complexity index is 987. The Morgan fingerprint density at radius 2 is 1.50 bits per heavy atom. The molecule has 1 saturated heterocycles. The Hall–Kier alpha value is -3.23. The quantitative estimate of drug-likeness (QED) is 0.311. The Kier molecular flexibility index (Phi) is 9.00. The van der Waals surface area contributed by atoms with Crippen LogP contribution in [0.4, 0.5) is 0 Å². The van der Waals surface area contributed by atoms with Gasteiger partial charge in [0.05, 0.1) is 23.4 Å². The molecule has 0 aromatic heterocycles. The summed E-state index contributed by atoms with van der Waals surface area (Å²) in [6, 6.07) is 0. The van der Waals surface area contributed by atoms with Gasteiger partial charge in [0.1, 0.15) is 12.7 Å². The molecular weight excluding hydrogens is 512 g/mol. The molecule has 212 valence electrons. The molecular formula is C24H32O14. The number of fused-ring (bicyclic) bond motifs is 1. The maximum absolute atomic E-state index is 12.0. The van der Waals surface area contributed by atoms with Crippen molar-refractivity contribution in [3.8, 4) is 0 Å². The summed E-state index contributed by atoms with van der Waals surface area (Å²) in [6.45, 7) is 5.50. The third kappa shape index (κ3) is 6.60. The standard InChI is InChI=1S/C24H32O14/c1-10(25)32-9-16-18(34-11(2)26)19(35-12(3)27)20(36-13(4)28)23(37-16)38-22-17-14(6-7-24(17,5)31)15(8-33-22)21(29)30/h8,14,16-20,22-23,31H,6-7,9H2,1-5H3,(H,29,30)/t14-,16-,17-,18-,19+,20-,22+,23+,24+/m1/s1. The lowest BCUT2D eigenvalue weighted by atomic mass is 9.81. The molecule has 14 nitrogen and oxygen atoms in total. The highest BCUT2D eigenvalue weighted by Crippen LogP contribution is 2.49. The van der Waals surface area contributed by atoms with Crippen LogP contribution in [0.1, 0.15) is 47.5 Å². The van der Waals surface area contributed by atoms with E-state index in [0.29, 0.717) is 6.42 Å². The average Bonchev–Trinajstić information content (AvgIpc) is 3.11. The van der Waals surface area contributed by atoms with Gasteiger partial charge in [0.25, 0.3) is 0 Å². The van der Waals surface area contributed by atoms with Gasteiger partial charge in [-0.15, -0.1) is 0 Å². The number of carboxylic acid groups (broad SMARTS) is 1. The number of carboxylic acids is 1. The van der Waals surface area contributed by atoms with Crippen molar-refractivity contribution in [2.45, 2.75) is 90.1 Å². The van der Waals surface area contributed by atoms with Crippen molar-refractivity contribution in [3.63, 3.8) is 0 Å². The second-order valence-electron chi connectivity index (χ2n) is 9.61. The Labute approximate surface area is 218 Å². The molecule has 0 aromatic carbocycles. The van der Waals surface area contributed by atoms with Crippen LogP contribution in [0.15, 0.2) is 11.8 Å². The molecule has 0 bridgehead atoms. The second kappa shape index (κ2) is 11.7. The molecule has 1 aliphatic carbocycles. The highest BCUT2D eigenvalue weighted by molar-refractivity contribution is 5.87. The van der Waals surface area contributed by atoms with Gasteiger partial charge in [0, 0.05) is 33.6 Å². The van der Waals surface area contributed by atoms with Crippen LogP contribution in [0.3, 0.4) is 0 Å². The fourth-order valence-corrected chi connectivity index (χ4v) is 5.13. The van der Waals surface area contributed by atoms with E-state index in [2.05, 4.69) is 0 Å². The van der Waals surface area contributed by atoms with Gasteiger partial charge in [-0.1, -0.05) is 0 Å². The number of carbonyl (C=O) groups is 5. The maximum atomic E-state index is 12.0. The second-order valence-corrected chi connectivity index (χ2v) is 9.61. The first-order chi connectivity index (χ1) is 17.7. The predicted molar refractivity (Wildman–Crippen MR) is 120 cm³/mol. The monoisotopic (exact) mass is 544 g/mol. The predicted octanol–water partition coefficient (Wildman–Crippen LogP) is 0.188. The molecule has 2 N–H and O–H groups in total. The number of rotatable bonds is 8. The van der Waals surface area contributed by atoms with Crippen LogP contribution in [0.2, 0.25) is 0 Å². The van der Waals surface area contributed by atoms with Crippen molar-refractivity contribution in [1.82, 2.24) is 0 Å². The number of ether oxygens (including phenoxy) is 7. The molecule has 9 atom stereocenters. The largest absolute Gasteiger partial charge is 0.478 e. The normalized spacial score (nSPS) is 36.1. The molecule has 2 aliphatic heterocycles. The Morgan fingerprint density at radius 1 is 0.921 bits per heavy atom. The van der Waals surface area contributed by atoms with Crippen molar-refractivity contribution in [1.29, 1.82) is 0 Å². The summed E-state index contributed by atoms with van der Waals surface area (Å²) >= 11 is 0. The molecule has 3 aliphatic rings. The number of aliphatic hydroxyl groups is 1. The van der Waals surface area contributed by atoms with Gasteiger partial charge >= 0.3 is 29.8 Å². The first-order valence-electron chi connectivity index (χ1n) is 12.0. The molecule has 0 amide bonds. The molecule has 38 heavy (non-hydrogen) atoms. The average molecular weight is 545 g/mol. The van der Waals surface area contributed by atoms with E-state index < -0.39 is 90.9 Å². The van der Waals surface area contributed by atoms with E-state index in [-0.39, 0.29) is 12.0 Å². The minimum Gasteiger partial charge on any atom is -0.478 e. The first kappa shape index (κ1) is 29.3. The maximum Gasteiger partial charge on any atom is 0.334 e. The van der Waals surface area contributed by atoms with E-state index >= 15 is 0 Å². The number of hydrogen-bond donors (Lipinski definition) is 2. The number of hydrogen-bond acceptors (Lipinski definition) is 13. The van der Waals surface area contributed by atoms with E-state index in [0.717, 1.165) is 34.0 Å². The molecule has 2 heterocycles. The van der Waals surface area contributed by atoms with Crippen LogP contribution in [-0.4, -0.2) is 89.3 Å². The number of carbonyl (C=O) groups excluding carboxylic acids is 4. The van der Waals surface area contributed by atoms with Crippen LogP contribution < -0.4 is 0 Å². The van der Waals surface area contributed by atoms with E-state index in [1.165, 1.54) is 6.92 Å². The SMILES string of the molecule is CC(=O)OC[C@H]1O[C@@H](O[C@@H]2OC=C(C(=O)O)[C@H]3CC[C@](C)(O)[C@@H]23)[C@H](OC(C)=O)[C@@H](OC(C)=O)[C@@H]1OC(C)=O. The van der Waals surface area contributed by atoms with E-state index in [4.69, 9.17) is 33.2 Å². The minimum atomic E-state index is -1.54. The van der Waals surface area contributed by atoms with Crippen molar-refractivity contribution in [2.75, 3.05) is 6.61 Å². The van der Waals surface area contributed by atoms with Gasteiger partial charge in [-0.2, -0.15) is 0 Å². The lowest BCUT2D eigenvalue weighted by molar-refractivity contribution is -0.348.